The zero-order valence-electron chi connectivity index (χ0n) is 22.1. The van der Waals surface area contributed by atoms with Gasteiger partial charge in [0.1, 0.15) is 11.4 Å². The van der Waals surface area contributed by atoms with Gasteiger partial charge in [-0.05, 0) is 54.5 Å². The first-order valence-electron chi connectivity index (χ1n) is 11.7. The summed E-state index contributed by atoms with van der Waals surface area (Å²) in [5, 5.41) is 0. The molecule has 0 saturated carbocycles. The third-order valence-electron chi connectivity index (χ3n) is 6.61. The summed E-state index contributed by atoms with van der Waals surface area (Å²) in [5.74, 6) is 1.01. The molecule has 1 heterocycles. The number of hydrogen-bond acceptors (Lipinski definition) is 4. The second-order valence-corrected chi connectivity index (χ2v) is 14.2. The Hall–Kier alpha value is -0.666. The first kappa shape index (κ1) is 26.6. The standard InChI is InChI=1S/C25H46O4Si2/c1-16-17(2)20(25(26-9)12-14-27-15-13-25)21(28-30)18(19(16)23(3,4)5)22(24(6,7)8)29-31(10)11/h22,31H,12-15H2,1-11,30H3. The molecule has 178 valence electrons. The van der Waals surface area contributed by atoms with Gasteiger partial charge in [-0.3, -0.25) is 0 Å². The van der Waals surface area contributed by atoms with Crippen LogP contribution in [0.15, 0.2) is 0 Å². The number of methoxy groups -OCH3 is 1. The van der Waals surface area contributed by atoms with Gasteiger partial charge in [-0.25, -0.2) is 0 Å². The number of ether oxygens (including phenoxy) is 2. The molecular formula is C25H46O4Si2. The quantitative estimate of drug-likeness (QED) is 0.553. The van der Waals surface area contributed by atoms with E-state index >= 15 is 0 Å². The van der Waals surface area contributed by atoms with Crippen LogP contribution in [0.25, 0.3) is 0 Å². The Bertz CT molecular complexity index is 769. The fourth-order valence-electron chi connectivity index (χ4n) is 5.21. The van der Waals surface area contributed by atoms with E-state index in [0.29, 0.717) is 23.7 Å². The summed E-state index contributed by atoms with van der Waals surface area (Å²) < 4.78 is 25.2. The van der Waals surface area contributed by atoms with Gasteiger partial charge in [0, 0.05) is 44.3 Å². The van der Waals surface area contributed by atoms with Crippen molar-refractivity contribution < 1.29 is 18.3 Å². The molecule has 0 spiro atoms. The van der Waals surface area contributed by atoms with E-state index in [1.165, 1.54) is 27.8 Å². The minimum absolute atomic E-state index is 0.0239. The average molecular weight is 467 g/mol. The average Bonchev–Trinajstić information content (AvgIpc) is 2.66. The Morgan fingerprint density at radius 2 is 1.55 bits per heavy atom. The fourth-order valence-corrected chi connectivity index (χ4v) is 6.72. The van der Waals surface area contributed by atoms with Gasteiger partial charge in [0.2, 0.25) is 10.5 Å². The molecule has 4 nitrogen and oxygen atoms in total. The zero-order valence-corrected chi connectivity index (χ0v) is 25.3. The molecule has 1 atom stereocenters. The summed E-state index contributed by atoms with van der Waals surface area (Å²) >= 11 is 0. The lowest BCUT2D eigenvalue weighted by Crippen LogP contribution is -2.38. The van der Waals surface area contributed by atoms with Crippen LogP contribution < -0.4 is 4.43 Å². The zero-order chi connectivity index (χ0) is 23.8. The van der Waals surface area contributed by atoms with E-state index in [0.717, 1.165) is 18.6 Å². The van der Waals surface area contributed by atoms with Crippen molar-refractivity contribution in [1.29, 1.82) is 0 Å². The molecule has 1 unspecified atom stereocenters. The van der Waals surface area contributed by atoms with Crippen LogP contribution in [0.1, 0.15) is 88.3 Å². The van der Waals surface area contributed by atoms with Gasteiger partial charge >= 0.3 is 0 Å². The first-order chi connectivity index (χ1) is 14.2. The third kappa shape index (κ3) is 5.30. The molecule has 1 aliphatic heterocycles. The lowest BCUT2D eigenvalue weighted by atomic mass is 9.70. The molecule has 0 bridgehead atoms. The Kier molecular flexibility index (Phi) is 8.30. The second-order valence-electron chi connectivity index (χ2n) is 11.4. The van der Waals surface area contributed by atoms with Gasteiger partial charge in [-0.1, -0.05) is 41.5 Å². The first-order valence-corrected chi connectivity index (χ1v) is 15.3. The Balaban J connectivity index is 3.03. The lowest BCUT2D eigenvalue weighted by Gasteiger charge is -2.44. The predicted molar refractivity (Wildman–Crippen MR) is 136 cm³/mol. The van der Waals surface area contributed by atoms with E-state index in [1.807, 2.05) is 7.11 Å². The van der Waals surface area contributed by atoms with Crippen LogP contribution in [0.5, 0.6) is 5.75 Å². The molecule has 1 fully saturated rings. The molecule has 1 saturated heterocycles. The number of hydrogen-bond donors (Lipinski definition) is 0. The highest BCUT2D eigenvalue weighted by Gasteiger charge is 2.44. The molecule has 31 heavy (non-hydrogen) atoms. The van der Waals surface area contributed by atoms with E-state index in [-0.39, 0.29) is 22.5 Å². The molecule has 6 heteroatoms. The molecule has 1 aromatic rings. The van der Waals surface area contributed by atoms with Crippen LogP contribution in [0, 0.1) is 19.3 Å². The van der Waals surface area contributed by atoms with Crippen molar-refractivity contribution in [2.24, 2.45) is 5.41 Å². The Morgan fingerprint density at radius 1 is 1.00 bits per heavy atom. The van der Waals surface area contributed by atoms with Crippen LogP contribution in [-0.4, -0.2) is 39.8 Å². The molecule has 0 N–H and O–H groups in total. The SMILES string of the molecule is COC1(c2c(C)c(C)c(C(C)(C)C)c(C(O[SiH](C)C)C(C)(C)C)c2O[SiH3])CCOCC1. The Morgan fingerprint density at radius 3 is 1.94 bits per heavy atom. The number of rotatable bonds is 6. The van der Waals surface area contributed by atoms with Gasteiger partial charge in [-0.2, -0.15) is 0 Å². The molecule has 1 aromatic carbocycles. The van der Waals surface area contributed by atoms with Crippen molar-refractivity contribution in [3.05, 3.63) is 27.8 Å². The maximum Gasteiger partial charge on any atom is 0.204 e. The minimum atomic E-state index is -1.30. The van der Waals surface area contributed by atoms with Crippen molar-refractivity contribution >= 4 is 19.5 Å². The molecule has 2 rings (SSSR count). The van der Waals surface area contributed by atoms with E-state index in [1.54, 1.807) is 0 Å². The van der Waals surface area contributed by atoms with E-state index in [4.69, 9.17) is 18.3 Å². The summed E-state index contributed by atoms with van der Waals surface area (Å²) in [6.45, 7) is 24.2. The predicted octanol–water partition coefficient (Wildman–Crippen LogP) is 5.00. The normalized spacial score (nSPS) is 18.5. The van der Waals surface area contributed by atoms with Crippen molar-refractivity contribution in [1.82, 2.24) is 0 Å². The smallest absolute Gasteiger partial charge is 0.204 e. The van der Waals surface area contributed by atoms with Gasteiger partial charge in [0.25, 0.3) is 0 Å². The molecule has 0 radical (unpaired) electrons. The van der Waals surface area contributed by atoms with Gasteiger partial charge in [0.05, 0.1) is 6.10 Å². The summed E-state index contributed by atoms with van der Waals surface area (Å²) in [6, 6.07) is 0. The highest BCUT2D eigenvalue weighted by Crippen LogP contribution is 2.53. The van der Waals surface area contributed by atoms with Crippen molar-refractivity contribution in [2.75, 3.05) is 20.3 Å². The largest absolute Gasteiger partial charge is 0.553 e. The minimum Gasteiger partial charge on any atom is -0.553 e. The summed E-state index contributed by atoms with van der Waals surface area (Å²) in [5.41, 5.74) is 6.00. The van der Waals surface area contributed by atoms with Gasteiger partial charge in [-0.15, -0.1) is 0 Å². The lowest BCUT2D eigenvalue weighted by molar-refractivity contribution is -0.0959. The molecule has 0 aromatic heterocycles. The number of benzene rings is 1. The maximum absolute atomic E-state index is 6.79. The highest BCUT2D eigenvalue weighted by molar-refractivity contribution is 6.48. The van der Waals surface area contributed by atoms with Gasteiger partial charge < -0.3 is 18.3 Å². The van der Waals surface area contributed by atoms with Crippen molar-refractivity contribution in [3.8, 4) is 5.75 Å². The second kappa shape index (κ2) is 9.68. The third-order valence-corrected chi connectivity index (χ3v) is 7.84. The topological polar surface area (TPSA) is 36.9 Å². The van der Waals surface area contributed by atoms with Crippen molar-refractivity contribution in [2.45, 2.75) is 98.4 Å². The van der Waals surface area contributed by atoms with Crippen molar-refractivity contribution in [3.63, 3.8) is 0 Å². The molecule has 0 aliphatic carbocycles. The molecule has 0 amide bonds. The molecule has 1 aliphatic rings. The van der Waals surface area contributed by atoms with Crippen LogP contribution in [0.4, 0.5) is 0 Å². The van der Waals surface area contributed by atoms with Crippen LogP contribution in [-0.2, 0) is 24.9 Å². The van der Waals surface area contributed by atoms with Gasteiger partial charge in [0.15, 0.2) is 9.04 Å². The Labute approximate surface area is 195 Å². The van der Waals surface area contributed by atoms with E-state index < -0.39 is 9.04 Å². The van der Waals surface area contributed by atoms with E-state index in [9.17, 15) is 0 Å². The maximum atomic E-state index is 6.79. The highest BCUT2D eigenvalue weighted by atomic mass is 28.3. The summed E-state index contributed by atoms with van der Waals surface area (Å²) in [6.07, 6.45) is 1.66. The monoisotopic (exact) mass is 466 g/mol. The van der Waals surface area contributed by atoms with Crippen LogP contribution >= 0.6 is 0 Å². The van der Waals surface area contributed by atoms with Crippen LogP contribution in [0.3, 0.4) is 0 Å². The summed E-state index contributed by atoms with van der Waals surface area (Å²) in [7, 11) is 1.15. The molecular weight excluding hydrogens is 420 g/mol. The van der Waals surface area contributed by atoms with E-state index in [2.05, 4.69) is 68.5 Å². The summed E-state index contributed by atoms with van der Waals surface area (Å²) in [4.78, 5) is 0. The van der Waals surface area contributed by atoms with Crippen LogP contribution in [0.2, 0.25) is 13.1 Å². The fraction of sp³-hybridized carbons (Fsp3) is 0.760.